The van der Waals surface area contributed by atoms with Crippen LogP contribution in [0.25, 0.3) is 6.08 Å². The Labute approximate surface area is 228 Å². The monoisotopic (exact) mass is 595 g/mol. The third-order valence-corrected chi connectivity index (χ3v) is 7.42. The van der Waals surface area contributed by atoms with Gasteiger partial charge in [-0.05, 0) is 48.9 Å². The van der Waals surface area contributed by atoms with E-state index in [1.165, 1.54) is 16.7 Å². The van der Waals surface area contributed by atoms with Crippen molar-refractivity contribution in [3.8, 4) is 5.75 Å². The number of ether oxygens (including phenoxy) is 1. The summed E-state index contributed by atoms with van der Waals surface area (Å²) in [6.07, 6.45) is 1.50. The molecule has 0 unspecified atom stereocenters. The summed E-state index contributed by atoms with van der Waals surface area (Å²) in [7, 11) is 0. The van der Waals surface area contributed by atoms with Gasteiger partial charge in [-0.15, -0.1) is 0 Å². The fraction of sp³-hybridized carbons (Fsp3) is 0.107. The van der Waals surface area contributed by atoms with Crippen LogP contribution in [0.15, 0.2) is 104 Å². The van der Waals surface area contributed by atoms with E-state index in [0.29, 0.717) is 27.3 Å². The number of alkyl halides is 2. The minimum absolute atomic E-state index is 0.0445. The molecule has 1 amide bonds. The van der Waals surface area contributed by atoms with Crippen LogP contribution in [0.1, 0.15) is 24.1 Å². The molecule has 6 nitrogen and oxygen atoms in total. The van der Waals surface area contributed by atoms with Crippen molar-refractivity contribution in [2.75, 3.05) is 5.32 Å². The van der Waals surface area contributed by atoms with E-state index >= 15 is 0 Å². The predicted octanol–water partition coefficient (Wildman–Crippen LogP) is 5.24. The number of hydrogen-bond acceptors (Lipinski definition) is 5. The topological polar surface area (TPSA) is 72.7 Å². The van der Waals surface area contributed by atoms with E-state index in [1.54, 1.807) is 37.3 Å². The molecule has 0 fully saturated rings. The smallest absolute Gasteiger partial charge is 0.387 e. The van der Waals surface area contributed by atoms with Crippen molar-refractivity contribution in [2.45, 2.75) is 19.6 Å². The lowest BCUT2D eigenvalue weighted by atomic mass is 9.95. The standard InChI is InChI=1S/C28H20BrF2N3O3S/c1-16-23(25(35)33-20-8-3-2-4-9-20)24(17-11-13-19(29)14-12-17)34-26(36)22(38-28(34)32-16)15-18-7-5-6-10-21(18)37-27(30)31/h2-15,24,27H,1H3,(H,33,35)/b22-15+/t24-/m0/s1. The molecule has 2 heterocycles. The zero-order valence-electron chi connectivity index (χ0n) is 19.9. The van der Waals surface area contributed by atoms with Crippen molar-refractivity contribution in [3.05, 3.63) is 125 Å². The lowest BCUT2D eigenvalue weighted by Crippen LogP contribution is -2.40. The van der Waals surface area contributed by atoms with E-state index in [2.05, 4.69) is 31.0 Å². The molecular weight excluding hydrogens is 576 g/mol. The molecule has 38 heavy (non-hydrogen) atoms. The van der Waals surface area contributed by atoms with Crippen LogP contribution in [0.3, 0.4) is 0 Å². The number of nitrogens with one attached hydrogen (secondary N) is 1. The summed E-state index contributed by atoms with van der Waals surface area (Å²) in [4.78, 5) is 32.3. The second-order valence-corrected chi connectivity index (χ2v) is 10.3. The van der Waals surface area contributed by atoms with Crippen LogP contribution < -0.4 is 24.9 Å². The van der Waals surface area contributed by atoms with Gasteiger partial charge in [-0.3, -0.25) is 14.2 Å². The molecule has 5 rings (SSSR count). The molecule has 1 aromatic heterocycles. The van der Waals surface area contributed by atoms with Gasteiger partial charge in [0.15, 0.2) is 4.80 Å². The summed E-state index contributed by atoms with van der Waals surface area (Å²) in [5, 5.41) is 2.90. The number of rotatable bonds is 6. The first kappa shape index (κ1) is 25.7. The Hall–Kier alpha value is -3.89. The summed E-state index contributed by atoms with van der Waals surface area (Å²) in [6.45, 7) is -1.27. The number of para-hydroxylation sites is 2. The molecule has 0 bridgehead atoms. The first-order valence-corrected chi connectivity index (χ1v) is 13.1. The molecule has 0 aliphatic carbocycles. The maximum Gasteiger partial charge on any atom is 0.387 e. The molecule has 1 aliphatic rings. The van der Waals surface area contributed by atoms with Gasteiger partial charge in [0.1, 0.15) is 5.75 Å². The van der Waals surface area contributed by atoms with Gasteiger partial charge in [0.25, 0.3) is 11.5 Å². The van der Waals surface area contributed by atoms with Gasteiger partial charge in [0.05, 0.1) is 21.8 Å². The number of thiazole rings is 1. The summed E-state index contributed by atoms with van der Waals surface area (Å²) >= 11 is 4.55. The zero-order valence-corrected chi connectivity index (χ0v) is 22.3. The van der Waals surface area contributed by atoms with Crippen molar-refractivity contribution in [1.82, 2.24) is 4.57 Å². The lowest BCUT2D eigenvalue weighted by Gasteiger charge is -2.25. The molecule has 1 atom stereocenters. The van der Waals surface area contributed by atoms with Crippen LogP contribution in [0.4, 0.5) is 14.5 Å². The van der Waals surface area contributed by atoms with Crippen LogP contribution in [0, 0.1) is 0 Å². The van der Waals surface area contributed by atoms with Gasteiger partial charge in [-0.25, -0.2) is 4.99 Å². The Kier molecular flexibility index (Phi) is 7.35. The van der Waals surface area contributed by atoms with Crippen LogP contribution in [0.2, 0.25) is 0 Å². The highest BCUT2D eigenvalue weighted by Gasteiger charge is 2.32. The SMILES string of the molecule is CC1=C(C(=O)Nc2ccccc2)[C@H](c2ccc(Br)cc2)n2c(s/c(=C/c3ccccc3OC(F)F)c2=O)=N1. The minimum atomic E-state index is -3.00. The number of amides is 1. The fourth-order valence-corrected chi connectivity index (χ4v) is 5.54. The Bertz CT molecular complexity index is 1710. The maximum absolute atomic E-state index is 13.8. The van der Waals surface area contributed by atoms with Crippen LogP contribution in [-0.2, 0) is 4.79 Å². The van der Waals surface area contributed by atoms with E-state index < -0.39 is 18.2 Å². The molecule has 0 saturated heterocycles. The highest BCUT2D eigenvalue weighted by molar-refractivity contribution is 9.10. The molecule has 1 aliphatic heterocycles. The minimum Gasteiger partial charge on any atom is -0.434 e. The molecule has 0 spiro atoms. The van der Waals surface area contributed by atoms with Crippen LogP contribution in [-0.4, -0.2) is 17.1 Å². The Morgan fingerprint density at radius 3 is 2.47 bits per heavy atom. The number of halogens is 3. The number of aromatic nitrogens is 1. The number of hydrogen-bond donors (Lipinski definition) is 1. The highest BCUT2D eigenvalue weighted by Crippen LogP contribution is 2.31. The number of carbonyl (C=O) groups excluding carboxylic acids is 1. The molecule has 10 heteroatoms. The van der Waals surface area contributed by atoms with Crippen molar-refractivity contribution >= 4 is 44.9 Å². The summed E-state index contributed by atoms with van der Waals surface area (Å²) in [5.41, 5.74) is 2.06. The molecule has 192 valence electrons. The third kappa shape index (κ3) is 5.23. The Morgan fingerprint density at radius 1 is 1.08 bits per heavy atom. The average molecular weight is 596 g/mol. The largest absolute Gasteiger partial charge is 0.434 e. The van der Waals surface area contributed by atoms with Crippen molar-refractivity contribution in [3.63, 3.8) is 0 Å². The number of carbonyl (C=O) groups is 1. The van der Waals surface area contributed by atoms with Gasteiger partial charge >= 0.3 is 6.61 Å². The fourth-order valence-electron chi connectivity index (χ4n) is 4.24. The van der Waals surface area contributed by atoms with Gasteiger partial charge < -0.3 is 10.1 Å². The van der Waals surface area contributed by atoms with Crippen LogP contribution >= 0.6 is 27.3 Å². The number of nitrogens with zero attached hydrogens (tertiary/aromatic N) is 2. The molecule has 0 radical (unpaired) electrons. The number of anilines is 1. The third-order valence-electron chi connectivity index (χ3n) is 5.91. The predicted molar refractivity (Wildman–Crippen MR) is 146 cm³/mol. The van der Waals surface area contributed by atoms with E-state index in [1.807, 2.05) is 42.5 Å². The molecule has 1 N–H and O–H groups in total. The molecule has 4 aromatic rings. The van der Waals surface area contributed by atoms with Crippen molar-refractivity contribution in [2.24, 2.45) is 4.99 Å². The van der Waals surface area contributed by atoms with E-state index in [0.717, 1.165) is 21.4 Å². The molecule has 3 aromatic carbocycles. The van der Waals surface area contributed by atoms with Crippen LogP contribution in [0.5, 0.6) is 5.75 Å². The van der Waals surface area contributed by atoms with Gasteiger partial charge in [-0.1, -0.05) is 75.8 Å². The first-order valence-electron chi connectivity index (χ1n) is 11.5. The molecule has 0 saturated carbocycles. The van der Waals surface area contributed by atoms with E-state index in [9.17, 15) is 18.4 Å². The maximum atomic E-state index is 13.8. The zero-order chi connectivity index (χ0) is 26.8. The lowest BCUT2D eigenvalue weighted by molar-refractivity contribution is -0.113. The summed E-state index contributed by atoms with van der Waals surface area (Å²) < 4.78 is 33.1. The highest BCUT2D eigenvalue weighted by atomic mass is 79.9. The number of allylic oxidation sites excluding steroid dienone is 1. The normalized spacial score (nSPS) is 15.3. The number of benzene rings is 3. The second-order valence-electron chi connectivity index (χ2n) is 8.37. The summed E-state index contributed by atoms with van der Waals surface area (Å²) in [6, 6.07) is 21.9. The quantitative estimate of drug-likeness (QED) is 0.331. The molecular formula is C28H20BrF2N3O3S. The van der Waals surface area contributed by atoms with Gasteiger partial charge in [0, 0.05) is 15.7 Å². The van der Waals surface area contributed by atoms with E-state index in [-0.39, 0.29) is 16.2 Å². The average Bonchev–Trinajstić information content (AvgIpc) is 3.19. The first-order chi connectivity index (χ1) is 18.3. The van der Waals surface area contributed by atoms with Gasteiger partial charge in [-0.2, -0.15) is 8.78 Å². The van der Waals surface area contributed by atoms with Crippen molar-refractivity contribution in [1.29, 1.82) is 0 Å². The Morgan fingerprint density at radius 2 is 1.76 bits per heavy atom. The van der Waals surface area contributed by atoms with E-state index in [4.69, 9.17) is 0 Å². The summed E-state index contributed by atoms with van der Waals surface area (Å²) in [5.74, 6) is -0.424. The van der Waals surface area contributed by atoms with Gasteiger partial charge in [0.2, 0.25) is 0 Å². The van der Waals surface area contributed by atoms with Crippen molar-refractivity contribution < 1.29 is 18.3 Å². The number of fused-ring (bicyclic) bond motifs is 1. The Balaban J connectivity index is 1.67. The second kappa shape index (κ2) is 10.8.